The number of halogens is 3. The van der Waals surface area contributed by atoms with Crippen molar-refractivity contribution in [1.82, 2.24) is 5.32 Å². The van der Waals surface area contributed by atoms with Gasteiger partial charge in [0.25, 0.3) is 0 Å². The van der Waals surface area contributed by atoms with Crippen molar-refractivity contribution < 1.29 is 18.0 Å². The first-order chi connectivity index (χ1) is 8.16. The van der Waals surface area contributed by atoms with E-state index in [1.807, 2.05) is 13.8 Å². The zero-order valence-electron chi connectivity index (χ0n) is 11.2. The molecule has 0 radical (unpaired) electrons. The molecule has 108 valence electrons. The fourth-order valence-electron chi connectivity index (χ4n) is 1.49. The Morgan fingerprint density at radius 1 is 1.33 bits per heavy atom. The quantitative estimate of drug-likeness (QED) is 0.745. The van der Waals surface area contributed by atoms with Crippen LogP contribution in [0.5, 0.6) is 0 Å². The van der Waals surface area contributed by atoms with E-state index in [2.05, 4.69) is 5.32 Å². The van der Waals surface area contributed by atoms with Gasteiger partial charge < -0.3 is 11.1 Å². The Labute approximate surface area is 106 Å². The zero-order chi connectivity index (χ0) is 14.4. The first kappa shape index (κ1) is 17.2. The SMILES string of the molecule is CCCCC(CC)CNC(=O)C(C)(N)C(F)(F)F. The lowest BCUT2D eigenvalue weighted by Gasteiger charge is -2.27. The average Bonchev–Trinajstić information content (AvgIpc) is 2.27. The standard InChI is InChI=1S/C12H23F3N2O/c1-4-6-7-9(5-2)8-17-10(18)11(3,16)12(13,14)15/h9H,4-8,16H2,1-3H3,(H,17,18). The number of alkyl halides is 3. The monoisotopic (exact) mass is 268 g/mol. The third-order valence-corrected chi connectivity index (χ3v) is 3.16. The van der Waals surface area contributed by atoms with Crippen LogP contribution in [0.3, 0.4) is 0 Å². The Bertz CT molecular complexity index is 265. The Morgan fingerprint density at radius 2 is 1.89 bits per heavy atom. The molecule has 0 saturated heterocycles. The van der Waals surface area contributed by atoms with E-state index in [9.17, 15) is 18.0 Å². The number of nitrogens with two attached hydrogens (primary N) is 1. The van der Waals surface area contributed by atoms with Gasteiger partial charge in [-0.05, 0) is 19.3 Å². The maximum Gasteiger partial charge on any atom is 0.415 e. The molecule has 3 nitrogen and oxygen atoms in total. The van der Waals surface area contributed by atoms with Gasteiger partial charge in [0, 0.05) is 6.54 Å². The molecular formula is C12H23F3N2O. The van der Waals surface area contributed by atoms with E-state index < -0.39 is 17.6 Å². The molecule has 18 heavy (non-hydrogen) atoms. The summed E-state index contributed by atoms with van der Waals surface area (Å²) in [5, 5.41) is 2.31. The van der Waals surface area contributed by atoms with Gasteiger partial charge in [-0.15, -0.1) is 0 Å². The third-order valence-electron chi connectivity index (χ3n) is 3.16. The topological polar surface area (TPSA) is 55.1 Å². The van der Waals surface area contributed by atoms with Crippen LogP contribution < -0.4 is 11.1 Å². The predicted molar refractivity (Wildman–Crippen MR) is 65.0 cm³/mol. The highest BCUT2D eigenvalue weighted by Gasteiger charge is 2.53. The molecule has 0 aliphatic carbocycles. The van der Waals surface area contributed by atoms with Gasteiger partial charge in [0.2, 0.25) is 5.91 Å². The lowest BCUT2D eigenvalue weighted by Crippen LogP contribution is -2.61. The summed E-state index contributed by atoms with van der Waals surface area (Å²) in [5.74, 6) is -0.956. The summed E-state index contributed by atoms with van der Waals surface area (Å²) in [6.07, 6.45) is -0.967. The number of rotatable bonds is 7. The van der Waals surface area contributed by atoms with Crippen LogP contribution >= 0.6 is 0 Å². The van der Waals surface area contributed by atoms with Crippen LogP contribution in [0.2, 0.25) is 0 Å². The normalized spacial score (nSPS) is 17.1. The van der Waals surface area contributed by atoms with Gasteiger partial charge in [-0.2, -0.15) is 13.2 Å². The summed E-state index contributed by atoms with van der Waals surface area (Å²) in [6, 6.07) is 0. The Morgan fingerprint density at radius 3 is 2.28 bits per heavy atom. The Balaban J connectivity index is 4.32. The van der Waals surface area contributed by atoms with Crippen molar-refractivity contribution in [2.24, 2.45) is 11.7 Å². The highest BCUT2D eigenvalue weighted by Crippen LogP contribution is 2.28. The van der Waals surface area contributed by atoms with Gasteiger partial charge in [0.15, 0.2) is 5.54 Å². The number of hydrogen-bond acceptors (Lipinski definition) is 2. The predicted octanol–water partition coefficient (Wildman–Crippen LogP) is 2.60. The van der Waals surface area contributed by atoms with Crippen molar-refractivity contribution >= 4 is 5.91 Å². The summed E-state index contributed by atoms with van der Waals surface area (Å²) >= 11 is 0. The smallest absolute Gasteiger partial charge is 0.354 e. The van der Waals surface area contributed by atoms with Crippen LogP contribution in [0.25, 0.3) is 0 Å². The third kappa shape index (κ3) is 4.84. The number of amides is 1. The van der Waals surface area contributed by atoms with Crippen LogP contribution in [0, 0.1) is 5.92 Å². The number of nitrogens with one attached hydrogen (secondary N) is 1. The molecule has 2 atom stereocenters. The molecule has 0 heterocycles. The second-order valence-corrected chi connectivity index (χ2v) is 4.83. The Hall–Kier alpha value is -0.780. The summed E-state index contributed by atoms with van der Waals surface area (Å²) < 4.78 is 37.5. The van der Waals surface area contributed by atoms with E-state index in [0.29, 0.717) is 6.92 Å². The van der Waals surface area contributed by atoms with Crippen molar-refractivity contribution in [3.05, 3.63) is 0 Å². The fraction of sp³-hybridized carbons (Fsp3) is 0.917. The van der Waals surface area contributed by atoms with E-state index >= 15 is 0 Å². The average molecular weight is 268 g/mol. The van der Waals surface area contributed by atoms with E-state index in [1.165, 1.54) is 0 Å². The lowest BCUT2D eigenvalue weighted by molar-refractivity contribution is -0.187. The number of hydrogen-bond donors (Lipinski definition) is 2. The maximum atomic E-state index is 12.5. The molecule has 6 heteroatoms. The van der Waals surface area contributed by atoms with Crippen molar-refractivity contribution in [3.63, 3.8) is 0 Å². The molecular weight excluding hydrogens is 245 g/mol. The van der Waals surface area contributed by atoms with Crippen molar-refractivity contribution in [1.29, 1.82) is 0 Å². The molecule has 0 bridgehead atoms. The number of carbonyl (C=O) groups excluding carboxylic acids is 1. The van der Waals surface area contributed by atoms with Crippen LogP contribution in [0.15, 0.2) is 0 Å². The highest BCUT2D eigenvalue weighted by atomic mass is 19.4. The zero-order valence-corrected chi connectivity index (χ0v) is 11.2. The van der Waals surface area contributed by atoms with E-state index in [-0.39, 0.29) is 12.5 Å². The van der Waals surface area contributed by atoms with Crippen molar-refractivity contribution in [3.8, 4) is 0 Å². The van der Waals surface area contributed by atoms with Crippen LogP contribution in [0.4, 0.5) is 13.2 Å². The molecule has 0 saturated carbocycles. The molecule has 0 aliphatic rings. The van der Waals surface area contributed by atoms with E-state index in [1.54, 1.807) is 0 Å². The minimum absolute atomic E-state index is 0.206. The molecule has 3 N–H and O–H groups in total. The first-order valence-electron chi connectivity index (χ1n) is 6.30. The molecule has 0 rings (SSSR count). The summed E-state index contributed by atoms with van der Waals surface area (Å²) in [6.45, 7) is 4.94. The summed E-state index contributed by atoms with van der Waals surface area (Å²) in [4.78, 5) is 11.4. The van der Waals surface area contributed by atoms with Gasteiger partial charge >= 0.3 is 6.18 Å². The van der Waals surface area contributed by atoms with E-state index in [4.69, 9.17) is 5.73 Å². The largest absolute Gasteiger partial charge is 0.415 e. The van der Waals surface area contributed by atoms with Crippen molar-refractivity contribution in [2.75, 3.05) is 6.54 Å². The van der Waals surface area contributed by atoms with Gasteiger partial charge in [0.1, 0.15) is 0 Å². The minimum atomic E-state index is -4.73. The van der Waals surface area contributed by atoms with Gasteiger partial charge in [-0.3, -0.25) is 4.79 Å². The highest BCUT2D eigenvalue weighted by molar-refractivity contribution is 5.86. The summed E-state index contributed by atoms with van der Waals surface area (Å²) in [7, 11) is 0. The van der Waals surface area contributed by atoms with Crippen molar-refractivity contribution in [2.45, 2.75) is 58.2 Å². The Kier molecular flexibility index (Phi) is 6.67. The van der Waals surface area contributed by atoms with Crippen LogP contribution in [-0.4, -0.2) is 24.2 Å². The molecule has 0 aromatic rings. The molecule has 0 spiro atoms. The molecule has 0 aliphatic heterocycles. The fourth-order valence-corrected chi connectivity index (χ4v) is 1.49. The van der Waals surface area contributed by atoms with Gasteiger partial charge in [-0.25, -0.2) is 0 Å². The first-order valence-corrected chi connectivity index (χ1v) is 6.30. The second-order valence-electron chi connectivity index (χ2n) is 4.83. The second kappa shape index (κ2) is 6.97. The van der Waals surface area contributed by atoms with E-state index in [0.717, 1.165) is 25.7 Å². The maximum absolute atomic E-state index is 12.5. The van der Waals surface area contributed by atoms with Gasteiger partial charge in [0.05, 0.1) is 0 Å². The molecule has 1 amide bonds. The number of carbonyl (C=O) groups is 1. The van der Waals surface area contributed by atoms with Crippen LogP contribution in [0.1, 0.15) is 46.5 Å². The summed E-state index contributed by atoms with van der Waals surface area (Å²) in [5.41, 5.74) is 2.20. The molecule has 0 aromatic heterocycles. The van der Waals surface area contributed by atoms with Gasteiger partial charge in [-0.1, -0.05) is 33.1 Å². The molecule has 2 unspecified atom stereocenters. The molecule has 0 fully saturated rings. The lowest BCUT2D eigenvalue weighted by atomic mass is 9.98. The van der Waals surface area contributed by atoms with Crippen LogP contribution in [-0.2, 0) is 4.79 Å². The number of unbranched alkanes of at least 4 members (excludes halogenated alkanes) is 1. The molecule has 0 aromatic carbocycles. The minimum Gasteiger partial charge on any atom is -0.354 e.